The number of benzene rings is 1. The van der Waals surface area contributed by atoms with E-state index in [4.69, 9.17) is 5.73 Å². The second-order valence-electron chi connectivity index (χ2n) is 3.84. The Kier molecular flexibility index (Phi) is 3.82. The lowest BCUT2D eigenvalue weighted by molar-refractivity contribution is 0.0945. The molecule has 6 heteroatoms. The first-order valence-electron chi connectivity index (χ1n) is 5.60. The maximum atomic E-state index is 11.7. The van der Waals surface area contributed by atoms with Crippen LogP contribution in [-0.4, -0.2) is 21.8 Å². The number of hydrogen-bond donors (Lipinski definition) is 2. The van der Waals surface area contributed by atoms with E-state index in [2.05, 4.69) is 15.3 Å². The molecule has 0 radical (unpaired) electrons. The molecule has 2 rings (SSSR count). The van der Waals surface area contributed by atoms with Crippen molar-refractivity contribution in [2.75, 3.05) is 0 Å². The van der Waals surface area contributed by atoms with Crippen molar-refractivity contribution in [3.63, 3.8) is 0 Å². The van der Waals surface area contributed by atoms with Crippen molar-refractivity contribution in [1.82, 2.24) is 15.3 Å². The molecular formula is C13H12N4O2. The van der Waals surface area contributed by atoms with E-state index in [0.29, 0.717) is 5.56 Å². The lowest BCUT2D eigenvalue weighted by Crippen LogP contribution is -2.24. The van der Waals surface area contributed by atoms with Crippen molar-refractivity contribution >= 4 is 11.8 Å². The Morgan fingerprint density at radius 2 is 2.11 bits per heavy atom. The van der Waals surface area contributed by atoms with E-state index in [1.807, 2.05) is 0 Å². The van der Waals surface area contributed by atoms with Crippen molar-refractivity contribution in [3.05, 3.63) is 59.7 Å². The van der Waals surface area contributed by atoms with Crippen LogP contribution in [0.3, 0.4) is 0 Å². The SMILES string of the molecule is NC(=O)c1cccc(CNC(=O)c2cnccn2)c1. The summed E-state index contributed by atoms with van der Waals surface area (Å²) in [5.74, 6) is -0.820. The van der Waals surface area contributed by atoms with Gasteiger partial charge in [0, 0.05) is 24.5 Å². The monoisotopic (exact) mass is 256 g/mol. The van der Waals surface area contributed by atoms with E-state index in [0.717, 1.165) is 5.56 Å². The molecule has 1 aromatic carbocycles. The fourth-order valence-corrected chi connectivity index (χ4v) is 1.52. The molecule has 2 amide bonds. The predicted octanol–water partition coefficient (Wildman–Crippen LogP) is 0.505. The lowest BCUT2D eigenvalue weighted by Gasteiger charge is -2.05. The Hall–Kier alpha value is -2.76. The van der Waals surface area contributed by atoms with E-state index in [9.17, 15) is 9.59 Å². The van der Waals surface area contributed by atoms with Crippen LogP contribution in [0.1, 0.15) is 26.4 Å². The van der Waals surface area contributed by atoms with Crippen LogP contribution >= 0.6 is 0 Å². The normalized spacial score (nSPS) is 9.89. The van der Waals surface area contributed by atoms with E-state index in [-0.39, 0.29) is 18.1 Å². The number of carbonyl (C=O) groups is 2. The molecule has 0 aliphatic carbocycles. The highest BCUT2D eigenvalue weighted by atomic mass is 16.2. The molecule has 0 bridgehead atoms. The van der Waals surface area contributed by atoms with Gasteiger partial charge >= 0.3 is 0 Å². The molecule has 0 fully saturated rings. The number of nitrogens with two attached hydrogens (primary N) is 1. The fraction of sp³-hybridized carbons (Fsp3) is 0.0769. The zero-order chi connectivity index (χ0) is 13.7. The van der Waals surface area contributed by atoms with Gasteiger partial charge in [0.15, 0.2) is 0 Å². The summed E-state index contributed by atoms with van der Waals surface area (Å²) < 4.78 is 0. The van der Waals surface area contributed by atoms with Gasteiger partial charge in [-0.3, -0.25) is 14.6 Å². The van der Waals surface area contributed by atoms with Crippen molar-refractivity contribution < 1.29 is 9.59 Å². The number of aromatic nitrogens is 2. The smallest absolute Gasteiger partial charge is 0.271 e. The Morgan fingerprint density at radius 1 is 1.26 bits per heavy atom. The summed E-state index contributed by atoms with van der Waals surface area (Å²) in [6, 6.07) is 6.77. The Bertz CT molecular complexity index is 599. The molecule has 96 valence electrons. The number of hydrogen-bond acceptors (Lipinski definition) is 4. The van der Waals surface area contributed by atoms with Gasteiger partial charge in [0.1, 0.15) is 5.69 Å². The molecule has 1 heterocycles. The average Bonchev–Trinajstić information content (AvgIpc) is 2.46. The van der Waals surface area contributed by atoms with Gasteiger partial charge < -0.3 is 11.1 Å². The second-order valence-corrected chi connectivity index (χ2v) is 3.84. The molecule has 3 N–H and O–H groups in total. The van der Waals surface area contributed by atoms with Crippen LogP contribution in [0.2, 0.25) is 0 Å². The number of amides is 2. The molecule has 0 atom stereocenters. The van der Waals surface area contributed by atoms with Gasteiger partial charge in [-0.15, -0.1) is 0 Å². The van der Waals surface area contributed by atoms with Crippen LogP contribution in [0.15, 0.2) is 42.9 Å². The summed E-state index contributed by atoms with van der Waals surface area (Å²) in [7, 11) is 0. The van der Waals surface area contributed by atoms with Gasteiger partial charge in [-0.1, -0.05) is 12.1 Å². The molecule has 0 spiro atoms. The average molecular weight is 256 g/mol. The van der Waals surface area contributed by atoms with Gasteiger partial charge in [-0.25, -0.2) is 4.98 Å². The summed E-state index contributed by atoms with van der Waals surface area (Å²) >= 11 is 0. The molecule has 0 saturated carbocycles. The third kappa shape index (κ3) is 3.35. The first kappa shape index (κ1) is 12.7. The number of nitrogens with zero attached hydrogens (tertiary/aromatic N) is 2. The molecule has 2 aromatic rings. The van der Waals surface area contributed by atoms with Crippen LogP contribution in [0, 0.1) is 0 Å². The molecule has 0 aliphatic rings. The second kappa shape index (κ2) is 5.72. The van der Waals surface area contributed by atoms with Crippen molar-refractivity contribution in [2.24, 2.45) is 5.73 Å². The van der Waals surface area contributed by atoms with Crippen molar-refractivity contribution in [1.29, 1.82) is 0 Å². The minimum absolute atomic E-state index is 0.244. The van der Waals surface area contributed by atoms with Crippen molar-refractivity contribution in [3.8, 4) is 0 Å². The van der Waals surface area contributed by atoms with Crippen LogP contribution in [0.25, 0.3) is 0 Å². The summed E-state index contributed by atoms with van der Waals surface area (Å²) in [5.41, 5.74) is 6.62. The molecular weight excluding hydrogens is 244 g/mol. The topological polar surface area (TPSA) is 98.0 Å². The minimum Gasteiger partial charge on any atom is -0.366 e. The molecule has 0 saturated heterocycles. The largest absolute Gasteiger partial charge is 0.366 e. The van der Waals surface area contributed by atoms with E-state index < -0.39 is 5.91 Å². The number of nitrogens with one attached hydrogen (secondary N) is 1. The first-order chi connectivity index (χ1) is 9.16. The third-order valence-electron chi connectivity index (χ3n) is 2.46. The van der Waals surface area contributed by atoms with Gasteiger partial charge in [0.2, 0.25) is 5.91 Å². The first-order valence-corrected chi connectivity index (χ1v) is 5.60. The fourth-order valence-electron chi connectivity index (χ4n) is 1.52. The zero-order valence-corrected chi connectivity index (χ0v) is 10.0. The maximum Gasteiger partial charge on any atom is 0.271 e. The van der Waals surface area contributed by atoms with Crippen LogP contribution in [0.5, 0.6) is 0 Å². The van der Waals surface area contributed by atoms with E-state index in [1.54, 1.807) is 24.3 Å². The maximum absolute atomic E-state index is 11.7. The Labute approximate surface area is 109 Å². The molecule has 19 heavy (non-hydrogen) atoms. The summed E-state index contributed by atoms with van der Waals surface area (Å²) in [6.07, 6.45) is 4.32. The highest BCUT2D eigenvalue weighted by Gasteiger charge is 2.07. The van der Waals surface area contributed by atoms with Crippen LogP contribution in [-0.2, 0) is 6.54 Å². The summed E-state index contributed by atoms with van der Waals surface area (Å²) in [5, 5.41) is 2.69. The molecule has 1 aromatic heterocycles. The predicted molar refractivity (Wildman–Crippen MR) is 68.2 cm³/mol. The highest BCUT2D eigenvalue weighted by molar-refractivity contribution is 5.93. The van der Waals surface area contributed by atoms with E-state index >= 15 is 0 Å². The molecule has 0 aliphatic heterocycles. The van der Waals surface area contributed by atoms with Gasteiger partial charge in [-0.2, -0.15) is 0 Å². The number of carbonyl (C=O) groups excluding carboxylic acids is 2. The number of rotatable bonds is 4. The quantitative estimate of drug-likeness (QED) is 0.832. The van der Waals surface area contributed by atoms with Crippen LogP contribution < -0.4 is 11.1 Å². The van der Waals surface area contributed by atoms with E-state index in [1.165, 1.54) is 18.6 Å². The van der Waals surface area contributed by atoms with Gasteiger partial charge in [0.25, 0.3) is 5.91 Å². The lowest BCUT2D eigenvalue weighted by atomic mass is 10.1. The standard InChI is InChI=1S/C13H12N4O2/c14-12(18)10-3-1-2-9(6-10)7-17-13(19)11-8-15-4-5-16-11/h1-6,8H,7H2,(H2,14,18)(H,17,19). The zero-order valence-electron chi connectivity index (χ0n) is 10.0. The highest BCUT2D eigenvalue weighted by Crippen LogP contribution is 2.04. The third-order valence-corrected chi connectivity index (χ3v) is 2.46. The molecule has 0 unspecified atom stereocenters. The minimum atomic E-state index is -0.498. The molecule has 6 nitrogen and oxygen atoms in total. The van der Waals surface area contributed by atoms with Gasteiger partial charge in [-0.05, 0) is 17.7 Å². The Balaban J connectivity index is 2.01. The van der Waals surface area contributed by atoms with Crippen molar-refractivity contribution in [2.45, 2.75) is 6.54 Å². The van der Waals surface area contributed by atoms with Crippen LogP contribution in [0.4, 0.5) is 0 Å². The summed E-state index contributed by atoms with van der Waals surface area (Å²) in [4.78, 5) is 30.5. The Morgan fingerprint density at radius 3 is 2.79 bits per heavy atom. The summed E-state index contributed by atoms with van der Waals surface area (Å²) in [6.45, 7) is 0.288. The number of primary amides is 1. The van der Waals surface area contributed by atoms with Gasteiger partial charge in [0.05, 0.1) is 6.20 Å².